The molecule has 1 aliphatic rings. The first-order chi connectivity index (χ1) is 8.35. The maximum Gasteiger partial charge on any atom is 0.410 e. The van der Waals surface area contributed by atoms with E-state index in [-0.39, 0.29) is 12.0 Å². The Hall–Kier alpha value is -1.65. The first kappa shape index (κ1) is 12.8. The van der Waals surface area contributed by atoms with Crippen molar-refractivity contribution >= 4 is 12.0 Å². The Kier molecular flexibility index (Phi) is 3.24. The first-order valence-electron chi connectivity index (χ1n) is 6.18. The van der Waals surface area contributed by atoms with Gasteiger partial charge in [-0.05, 0) is 33.3 Å². The molecule has 2 heterocycles. The fourth-order valence-corrected chi connectivity index (χ4v) is 2.07. The van der Waals surface area contributed by atoms with Gasteiger partial charge in [-0.2, -0.15) is 0 Å². The molecule has 5 heteroatoms. The predicted molar refractivity (Wildman–Crippen MR) is 68.3 cm³/mol. The van der Waals surface area contributed by atoms with E-state index < -0.39 is 5.60 Å². The van der Waals surface area contributed by atoms with E-state index in [4.69, 9.17) is 14.9 Å². The van der Waals surface area contributed by atoms with Gasteiger partial charge in [0.15, 0.2) is 5.88 Å². The quantitative estimate of drug-likeness (QED) is 0.834. The van der Waals surface area contributed by atoms with E-state index in [0.717, 1.165) is 12.2 Å². The van der Waals surface area contributed by atoms with Gasteiger partial charge in [-0.15, -0.1) is 0 Å². The number of rotatable bonds is 1. The van der Waals surface area contributed by atoms with Gasteiger partial charge in [0.05, 0.1) is 0 Å². The summed E-state index contributed by atoms with van der Waals surface area (Å²) in [5.41, 5.74) is 5.10. The molecule has 1 aromatic rings. The summed E-state index contributed by atoms with van der Waals surface area (Å²) in [7, 11) is 0. The second-order valence-corrected chi connectivity index (χ2v) is 5.65. The molecule has 0 radical (unpaired) electrons. The Labute approximate surface area is 107 Å². The minimum atomic E-state index is -0.454. The molecule has 0 bridgehead atoms. The van der Waals surface area contributed by atoms with E-state index >= 15 is 0 Å². The Bertz CT molecular complexity index is 434. The molecule has 1 atom stereocenters. The lowest BCUT2D eigenvalue weighted by atomic mass is 10.1. The number of nitrogen functional groups attached to an aromatic ring is 1. The normalized spacial score (nSPS) is 20.2. The Morgan fingerprint density at radius 2 is 2.22 bits per heavy atom. The molecule has 0 saturated carbocycles. The van der Waals surface area contributed by atoms with E-state index in [0.29, 0.717) is 19.0 Å². The minimum Gasteiger partial charge on any atom is -0.446 e. The zero-order chi connectivity index (χ0) is 13.3. The molecule has 1 unspecified atom stereocenters. The van der Waals surface area contributed by atoms with Crippen LogP contribution in [0.5, 0.6) is 0 Å². The summed E-state index contributed by atoms with van der Waals surface area (Å²) in [5, 5.41) is 0. The smallest absolute Gasteiger partial charge is 0.410 e. The largest absolute Gasteiger partial charge is 0.446 e. The van der Waals surface area contributed by atoms with Gasteiger partial charge in [-0.3, -0.25) is 0 Å². The number of nitrogens with zero attached hydrogens (tertiary/aromatic N) is 1. The Morgan fingerprint density at radius 1 is 1.50 bits per heavy atom. The number of furan rings is 1. The number of likely N-dealkylation sites (tertiary alicyclic amines) is 1. The highest BCUT2D eigenvalue weighted by Gasteiger charge is 2.31. The highest BCUT2D eigenvalue weighted by molar-refractivity contribution is 5.68. The van der Waals surface area contributed by atoms with E-state index in [1.807, 2.05) is 26.8 Å². The first-order valence-corrected chi connectivity index (χ1v) is 6.18. The topological polar surface area (TPSA) is 68.7 Å². The van der Waals surface area contributed by atoms with Crippen molar-refractivity contribution in [2.24, 2.45) is 0 Å². The van der Waals surface area contributed by atoms with Crippen molar-refractivity contribution in [3.8, 4) is 0 Å². The van der Waals surface area contributed by atoms with Gasteiger partial charge in [0, 0.05) is 25.1 Å². The number of nitrogens with two attached hydrogens (primary N) is 1. The summed E-state index contributed by atoms with van der Waals surface area (Å²) in [6.07, 6.45) is 0.621. The van der Waals surface area contributed by atoms with E-state index in [1.165, 1.54) is 0 Å². The summed E-state index contributed by atoms with van der Waals surface area (Å²) in [4.78, 5) is 13.6. The van der Waals surface area contributed by atoms with Crippen molar-refractivity contribution in [1.29, 1.82) is 0 Å². The van der Waals surface area contributed by atoms with E-state index in [1.54, 1.807) is 11.0 Å². The van der Waals surface area contributed by atoms with Crippen LogP contribution in [-0.2, 0) is 4.74 Å². The summed E-state index contributed by atoms with van der Waals surface area (Å²) in [6, 6.07) is 3.62. The van der Waals surface area contributed by atoms with Crippen LogP contribution in [0.4, 0.5) is 10.7 Å². The molecule has 0 spiro atoms. The molecular weight excluding hydrogens is 232 g/mol. The van der Waals surface area contributed by atoms with Crippen LogP contribution in [0.3, 0.4) is 0 Å². The average Bonchev–Trinajstić information content (AvgIpc) is 2.82. The monoisotopic (exact) mass is 252 g/mol. The molecule has 1 aromatic heterocycles. The third kappa shape index (κ3) is 2.97. The lowest BCUT2D eigenvalue weighted by Gasteiger charge is -2.24. The number of amides is 1. The lowest BCUT2D eigenvalue weighted by molar-refractivity contribution is 0.0292. The lowest BCUT2D eigenvalue weighted by Crippen LogP contribution is -2.35. The third-order valence-electron chi connectivity index (χ3n) is 2.89. The van der Waals surface area contributed by atoms with Gasteiger partial charge in [0.2, 0.25) is 0 Å². The van der Waals surface area contributed by atoms with Crippen molar-refractivity contribution in [2.75, 3.05) is 18.8 Å². The van der Waals surface area contributed by atoms with Crippen molar-refractivity contribution in [3.05, 3.63) is 17.9 Å². The van der Waals surface area contributed by atoms with E-state index in [2.05, 4.69) is 0 Å². The van der Waals surface area contributed by atoms with Gasteiger partial charge in [0.25, 0.3) is 0 Å². The Balaban J connectivity index is 1.94. The molecule has 0 aromatic carbocycles. The van der Waals surface area contributed by atoms with E-state index in [9.17, 15) is 4.79 Å². The van der Waals surface area contributed by atoms with Crippen molar-refractivity contribution in [1.82, 2.24) is 4.90 Å². The number of carbonyl (C=O) groups excluding carboxylic acids is 1. The fourth-order valence-electron chi connectivity index (χ4n) is 2.07. The number of carbonyl (C=O) groups is 1. The standard InChI is InChI=1S/C13H20N2O3/c1-13(2,3)18-12(16)15-7-6-9(8-15)10-4-5-11(14)17-10/h4-5,9H,6-8,14H2,1-3H3. The molecule has 1 aliphatic heterocycles. The Morgan fingerprint density at radius 3 is 2.78 bits per heavy atom. The minimum absolute atomic E-state index is 0.217. The average molecular weight is 252 g/mol. The second kappa shape index (κ2) is 4.55. The highest BCUT2D eigenvalue weighted by atomic mass is 16.6. The van der Waals surface area contributed by atoms with Crippen molar-refractivity contribution < 1.29 is 13.9 Å². The maximum atomic E-state index is 11.9. The zero-order valence-electron chi connectivity index (χ0n) is 11.1. The molecular formula is C13H20N2O3. The summed E-state index contributed by atoms with van der Waals surface area (Å²) < 4.78 is 10.7. The molecule has 1 saturated heterocycles. The summed E-state index contributed by atoms with van der Waals surface area (Å²) >= 11 is 0. The summed E-state index contributed by atoms with van der Waals surface area (Å²) in [6.45, 7) is 6.92. The van der Waals surface area contributed by atoms with Gasteiger partial charge in [0.1, 0.15) is 11.4 Å². The van der Waals surface area contributed by atoms with Crippen LogP contribution >= 0.6 is 0 Å². The molecule has 100 valence electrons. The van der Waals surface area contributed by atoms with Crippen LogP contribution in [-0.4, -0.2) is 29.7 Å². The number of hydrogen-bond donors (Lipinski definition) is 1. The predicted octanol–water partition coefficient (Wildman–Crippen LogP) is 2.59. The fraction of sp³-hybridized carbons (Fsp3) is 0.615. The molecule has 1 fully saturated rings. The van der Waals surface area contributed by atoms with Crippen molar-refractivity contribution in [3.63, 3.8) is 0 Å². The van der Waals surface area contributed by atoms with Crippen molar-refractivity contribution in [2.45, 2.75) is 38.7 Å². The van der Waals surface area contributed by atoms with Crippen LogP contribution in [0, 0.1) is 0 Å². The molecule has 18 heavy (non-hydrogen) atoms. The summed E-state index contributed by atoms with van der Waals surface area (Å²) in [5.74, 6) is 1.48. The zero-order valence-corrected chi connectivity index (χ0v) is 11.1. The molecule has 0 aliphatic carbocycles. The van der Waals surface area contributed by atoms with Crippen LogP contribution < -0.4 is 5.73 Å². The van der Waals surface area contributed by atoms with Crippen LogP contribution in [0.25, 0.3) is 0 Å². The number of hydrogen-bond acceptors (Lipinski definition) is 4. The van der Waals surface area contributed by atoms with Gasteiger partial charge in [-0.1, -0.05) is 0 Å². The number of anilines is 1. The maximum absolute atomic E-state index is 11.9. The second-order valence-electron chi connectivity index (χ2n) is 5.65. The third-order valence-corrected chi connectivity index (χ3v) is 2.89. The number of ether oxygens (including phenoxy) is 1. The molecule has 1 amide bonds. The SMILES string of the molecule is CC(C)(C)OC(=O)N1CCC(c2ccc(N)o2)C1. The van der Waals surface area contributed by atoms with Crippen LogP contribution in [0.15, 0.2) is 16.5 Å². The van der Waals surface area contributed by atoms with Crippen LogP contribution in [0.1, 0.15) is 38.9 Å². The van der Waals surface area contributed by atoms with Gasteiger partial charge in [-0.25, -0.2) is 4.79 Å². The van der Waals surface area contributed by atoms with Crippen LogP contribution in [0.2, 0.25) is 0 Å². The molecule has 2 N–H and O–H groups in total. The van der Waals surface area contributed by atoms with Gasteiger partial charge < -0.3 is 19.8 Å². The molecule has 5 nitrogen and oxygen atoms in total. The van der Waals surface area contributed by atoms with Gasteiger partial charge >= 0.3 is 6.09 Å². The highest BCUT2D eigenvalue weighted by Crippen LogP contribution is 2.29. The molecule has 2 rings (SSSR count).